The van der Waals surface area contributed by atoms with Crippen LogP contribution in [-0.4, -0.2) is 38.4 Å². The number of halogens is 2. The zero-order chi connectivity index (χ0) is 16.4. The van der Waals surface area contributed by atoms with Crippen molar-refractivity contribution in [1.29, 1.82) is 0 Å². The van der Waals surface area contributed by atoms with Crippen LogP contribution in [0.25, 0.3) is 0 Å². The molecule has 1 heterocycles. The molecule has 1 aliphatic heterocycles. The van der Waals surface area contributed by atoms with Crippen molar-refractivity contribution in [1.82, 2.24) is 10.6 Å². The molecule has 8 heteroatoms. The summed E-state index contributed by atoms with van der Waals surface area (Å²) in [5, 5.41) is 5.71. The van der Waals surface area contributed by atoms with Gasteiger partial charge in [0.1, 0.15) is 5.82 Å². The number of piperidine rings is 1. The largest absolute Gasteiger partial charge is 0.351 e. The second kappa shape index (κ2) is 7.59. The van der Waals surface area contributed by atoms with Gasteiger partial charge in [-0.3, -0.25) is 4.79 Å². The third kappa shape index (κ3) is 4.22. The number of amides is 1. The van der Waals surface area contributed by atoms with Crippen molar-refractivity contribution in [3.8, 4) is 0 Å². The lowest BCUT2D eigenvalue weighted by atomic mass is 9.95. The summed E-state index contributed by atoms with van der Waals surface area (Å²) in [7, 11) is -3.53. The van der Waals surface area contributed by atoms with Gasteiger partial charge in [0.2, 0.25) is 5.91 Å². The Kier molecular flexibility index (Phi) is 6.56. The molecule has 0 bridgehead atoms. The molecule has 1 aliphatic rings. The Morgan fingerprint density at radius 2 is 1.96 bits per heavy atom. The molecule has 2 N–H and O–H groups in total. The van der Waals surface area contributed by atoms with E-state index in [2.05, 4.69) is 10.6 Å². The standard InChI is InChI=1S/C15H21FN2O3S.ClH/c1-11-3-4-12(9-13(11)16)10-18-14(19)15(22(2,20)21)5-7-17-8-6-15;/h3-4,9,17H,5-8,10H2,1-2H3,(H,18,19);1H. The SMILES string of the molecule is Cc1ccc(CNC(=O)C2(S(C)(=O)=O)CCNCC2)cc1F.Cl. The monoisotopic (exact) mass is 364 g/mol. The minimum Gasteiger partial charge on any atom is -0.351 e. The van der Waals surface area contributed by atoms with Crippen LogP contribution < -0.4 is 10.6 Å². The van der Waals surface area contributed by atoms with Crippen LogP contribution >= 0.6 is 12.4 Å². The summed E-state index contributed by atoms with van der Waals surface area (Å²) in [5.74, 6) is -0.844. The van der Waals surface area contributed by atoms with Gasteiger partial charge in [-0.2, -0.15) is 0 Å². The molecule has 0 spiro atoms. The predicted molar refractivity (Wildman–Crippen MR) is 89.9 cm³/mol. The van der Waals surface area contributed by atoms with E-state index in [9.17, 15) is 17.6 Å². The number of carbonyl (C=O) groups excluding carboxylic acids is 1. The number of sulfone groups is 1. The Hall–Kier alpha value is -1.18. The second-order valence-electron chi connectivity index (χ2n) is 5.78. The number of benzene rings is 1. The van der Waals surface area contributed by atoms with Crippen molar-refractivity contribution in [2.45, 2.75) is 31.1 Å². The van der Waals surface area contributed by atoms with Gasteiger partial charge in [-0.05, 0) is 50.0 Å². The summed E-state index contributed by atoms with van der Waals surface area (Å²) in [6.07, 6.45) is 1.60. The Bertz CT molecular complexity index is 673. The summed E-state index contributed by atoms with van der Waals surface area (Å²) in [5.41, 5.74) is 1.13. The van der Waals surface area contributed by atoms with Crippen LogP contribution in [0.3, 0.4) is 0 Å². The van der Waals surface area contributed by atoms with Crippen molar-refractivity contribution < 1.29 is 17.6 Å². The van der Waals surface area contributed by atoms with Crippen LogP contribution in [0.15, 0.2) is 18.2 Å². The molecule has 1 saturated heterocycles. The van der Waals surface area contributed by atoms with E-state index < -0.39 is 20.5 Å². The van der Waals surface area contributed by atoms with Crippen molar-refractivity contribution in [3.05, 3.63) is 35.1 Å². The van der Waals surface area contributed by atoms with Gasteiger partial charge in [0, 0.05) is 12.8 Å². The highest BCUT2D eigenvalue weighted by Crippen LogP contribution is 2.28. The Labute approximate surface area is 142 Å². The van der Waals surface area contributed by atoms with E-state index in [1.807, 2.05) is 0 Å². The lowest BCUT2D eigenvalue weighted by Gasteiger charge is -2.34. The highest BCUT2D eigenvalue weighted by atomic mass is 35.5. The first-order chi connectivity index (χ1) is 10.3. The predicted octanol–water partition coefficient (Wildman–Crippen LogP) is 1.34. The van der Waals surface area contributed by atoms with E-state index in [4.69, 9.17) is 0 Å². The van der Waals surface area contributed by atoms with E-state index >= 15 is 0 Å². The third-order valence-corrected chi connectivity index (χ3v) is 6.24. The first-order valence-corrected chi connectivity index (χ1v) is 9.09. The van der Waals surface area contributed by atoms with E-state index in [0.29, 0.717) is 24.2 Å². The molecular weight excluding hydrogens is 343 g/mol. The Morgan fingerprint density at radius 3 is 2.48 bits per heavy atom. The highest BCUT2D eigenvalue weighted by Gasteiger charge is 2.48. The van der Waals surface area contributed by atoms with Crippen molar-refractivity contribution in [2.24, 2.45) is 0 Å². The molecule has 1 amide bonds. The van der Waals surface area contributed by atoms with Crippen LogP contribution in [0.2, 0.25) is 0 Å². The molecule has 5 nitrogen and oxygen atoms in total. The lowest BCUT2D eigenvalue weighted by Crippen LogP contribution is -2.57. The summed E-state index contributed by atoms with van der Waals surface area (Å²) in [6.45, 7) is 2.74. The average Bonchev–Trinajstić information content (AvgIpc) is 2.47. The first kappa shape index (κ1) is 19.9. The number of carbonyl (C=O) groups is 1. The van der Waals surface area contributed by atoms with Crippen LogP contribution in [0.4, 0.5) is 4.39 Å². The molecule has 23 heavy (non-hydrogen) atoms. The normalized spacial score (nSPS) is 17.2. The van der Waals surface area contributed by atoms with E-state index in [1.54, 1.807) is 19.1 Å². The molecular formula is C15H22ClFN2O3S. The number of nitrogens with one attached hydrogen (secondary N) is 2. The molecule has 2 rings (SSSR count). The van der Waals surface area contributed by atoms with E-state index in [-0.39, 0.29) is 37.6 Å². The third-order valence-electron chi connectivity index (χ3n) is 4.22. The summed E-state index contributed by atoms with van der Waals surface area (Å²) >= 11 is 0. The average molecular weight is 365 g/mol. The van der Waals surface area contributed by atoms with Gasteiger partial charge < -0.3 is 10.6 Å². The van der Waals surface area contributed by atoms with Crippen molar-refractivity contribution in [3.63, 3.8) is 0 Å². The molecule has 0 aromatic heterocycles. The molecule has 1 aromatic carbocycles. The lowest BCUT2D eigenvalue weighted by molar-refractivity contribution is -0.124. The fourth-order valence-electron chi connectivity index (χ4n) is 2.69. The fourth-order valence-corrected chi connectivity index (χ4v) is 4.04. The maximum atomic E-state index is 13.5. The Balaban J connectivity index is 0.00000264. The van der Waals surface area contributed by atoms with Crippen LogP contribution in [0.1, 0.15) is 24.0 Å². The van der Waals surface area contributed by atoms with Gasteiger partial charge >= 0.3 is 0 Å². The molecule has 0 unspecified atom stereocenters. The van der Waals surface area contributed by atoms with E-state index in [1.165, 1.54) is 6.07 Å². The number of aryl methyl sites for hydroxylation is 1. The van der Waals surface area contributed by atoms with Crippen LogP contribution in [0, 0.1) is 12.7 Å². The molecule has 1 aromatic rings. The zero-order valence-electron chi connectivity index (χ0n) is 13.2. The van der Waals surface area contributed by atoms with Crippen LogP contribution in [-0.2, 0) is 21.2 Å². The van der Waals surface area contributed by atoms with Gasteiger partial charge in [-0.15, -0.1) is 12.4 Å². The number of hydrogen-bond acceptors (Lipinski definition) is 4. The zero-order valence-corrected chi connectivity index (χ0v) is 14.8. The van der Waals surface area contributed by atoms with Crippen LogP contribution in [0.5, 0.6) is 0 Å². The minimum absolute atomic E-state index is 0. The van der Waals surface area contributed by atoms with Crippen molar-refractivity contribution in [2.75, 3.05) is 19.3 Å². The van der Waals surface area contributed by atoms with Gasteiger partial charge in [0.05, 0.1) is 0 Å². The molecule has 130 valence electrons. The molecule has 0 radical (unpaired) electrons. The quantitative estimate of drug-likeness (QED) is 0.845. The van der Waals surface area contributed by atoms with Gasteiger partial charge in [0.15, 0.2) is 14.6 Å². The smallest absolute Gasteiger partial charge is 0.241 e. The summed E-state index contributed by atoms with van der Waals surface area (Å²) in [4.78, 5) is 12.5. The maximum absolute atomic E-state index is 13.5. The van der Waals surface area contributed by atoms with E-state index in [0.717, 1.165) is 6.26 Å². The second-order valence-corrected chi connectivity index (χ2v) is 8.11. The molecule has 1 fully saturated rings. The Morgan fingerprint density at radius 1 is 1.35 bits per heavy atom. The summed E-state index contributed by atoms with van der Waals surface area (Å²) in [6, 6.07) is 4.70. The molecule has 0 atom stereocenters. The molecule has 0 aliphatic carbocycles. The fraction of sp³-hybridized carbons (Fsp3) is 0.533. The van der Waals surface area contributed by atoms with Gasteiger partial charge in [-0.25, -0.2) is 12.8 Å². The topological polar surface area (TPSA) is 75.3 Å². The number of rotatable bonds is 4. The summed E-state index contributed by atoms with van der Waals surface area (Å²) < 4.78 is 36.3. The first-order valence-electron chi connectivity index (χ1n) is 7.20. The maximum Gasteiger partial charge on any atom is 0.241 e. The number of hydrogen-bond donors (Lipinski definition) is 2. The highest BCUT2D eigenvalue weighted by molar-refractivity contribution is 7.92. The molecule has 0 saturated carbocycles. The van der Waals surface area contributed by atoms with Crippen molar-refractivity contribution >= 4 is 28.2 Å². The van der Waals surface area contributed by atoms with Gasteiger partial charge in [0.25, 0.3) is 0 Å². The van der Waals surface area contributed by atoms with Gasteiger partial charge in [-0.1, -0.05) is 12.1 Å². The minimum atomic E-state index is -3.53.